The second kappa shape index (κ2) is 6.68. The van der Waals surface area contributed by atoms with E-state index in [1.54, 1.807) is 0 Å². The van der Waals surface area contributed by atoms with Crippen molar-refractivity contribution in [3.8, 4) is 0 Å². The second-order valence-corrected chi connectivity index (χ2v) is 5.63. The van der Waals surface area contributed by atoms with Crippen LogP contribution in [0.15, 0.2) is 48.8 Å². The first-order valence-electron chi connectivity index (χ1n) is 7.59. The van der Waals surface area contributed by atoms with Gasteiger partial charge in [0.05, 0.1) is 5.69 Å². The van der Waals surface area contributed by atoms with E-state index in [1.807, 2.05) is 24.5 Å². The third-order valence-corrected chi connectivity index (χ3v) is 4.23. The van der Waals surface area contributed by atoms with Crippen LogP contribution in [0.25, 0.3) is 0 Å². The number of nitrogens with zero attached hydrogens (tertiary/aromatic N) is 4. The molecule has 0 amide bonds. The average Bonchev–Trinajstić information content (AvgIpc) is 2.57. The molecule has 3 heterocycles. The van der Waals surface area contributed by atoms with Crippen LogP contribution in [0.2, 0.25) is 0 Å². The fraction of sp³-hybridized carbons (Fsp3) is 0.412. The first-order valence-corrected chi connectivity index (χ1v) is 7.59. The zero-order chi connectivity index (χ0) is 14.5. The van der Waals surface area contributed by atoms with Crippen LogP contribution in [0.5, 0.6) is 0 Å². The van der Waals surface area contributed by atoms with Crippen LogP contribution in [-0.4, -0.2) is 41.0 Å². The number of aromatic nitrogens is 2. The summed E-state index contributed by atoms with van der Waals surface area (Å²) in [6, 6.07) is 12.8. The van der Waals surface area contributed by atoms with Gasteiger partial charge < -0.3 is 4.90 Å². The lowest BCUT2D eigenvalue weighted by molar-refractivity contribution is 0.201. The van der Waals surface area contributed by atoms with Crippen LogP contribution in [0.4, 0.5) is 5.82 Å². The van der Waals surface area contributed by atoms with Gasteiger partial charge in [-0.25, -0.2) is 4.98 Å². The van der Waals surface area contributed by atoms with E-state index in [1.165, 1.54) is 12.8 Å². The van der Waals surface area contributed by atoms with E-state index in [4.69, 9.17) is 0 Å². The Bertz CT molecular complexity index is 535. The molecule has 0 saturated carbocycles. The Labute approximate surface area is 126 Å². The van der Waals surface area contributed by atoms with E-state index in [-0.39, 0.29) is 0 Å². The highest BCUT2D eigenvalue weighted by atomic mass is 15.2. The molecule has 1 saturated heterocycles. The molecule has 110 valence electrons. The minimum Gasteiger partial charge on any atom is -0.357 e. The summed E-state index contributed by atoms with van der Waals surface area (Å²) in [7, 11) is 2.15. The van der Waals surface area contributed by atoms with E-state index < -0.39 is 0 Å². The first-order chi connectivity index (χ1) is 10.3. The van der Waals surface area contributed by atoms with Crippen molar-refractivity contribution in [2.75, 3.05) is 25.0 Å². The Hall–Kier alpha value is -1.94. The molecule has 4 nitrogen and oxygen atoms in total. The summed E-state index contributed by atoms with van der Waals surface area (Å²) >= 11 is 0. The highest BCUT2D eigenvalue weighted by molar-refractivity contribution is 5.38. The van der Waals surface area contributed by atoms with Gasteiger partial charge >= 0.3 is 0 Å². The van der Waals surface area contributed by atoms with Crippen LogP contribution < -0.4 is 4.90 Å². The fourth-order valence-electron chi connectivity index (χ4n) is 2.93. The molecule has 3 rings (SSSR count). The molecule has 0 bridgehead atoms. The number of hydrogen-bond acceptors (Lipinski definition) is 4. The highest BCUT2D eigenvalue weighted by Crippen LogP contribution is 2.20. The fourth-order valence-corrected chi connectivity index (χ4v) is 2.93. The number of rotatable bonds is 4. The van der Waals surface area contributed by atoms with Crippen molar-refractivity contribution in [2.45, 2.75) is 25.4 Å². The third kappa shape index (κ3) is 3.58. The van der Waals surface area contributed by atoms with Crippen molar-refractivity contribution in [3.05, 3.63) is 54.5 Å². The number of likely N-dealkylation sites (tertiary alicyclic amines) is 1. The van der Waals surface area contributed by atoms with Gasteiger partial charge in [-0.2, -0.15) is 0 Å². The summed E-state index contributed by atoms with van der Waals surface area (Å²) in [6.45, 7) is 3.21. The van der Waals surface area contributed by atoms with Crippen LogP contribution in [-0.2, 0) is 6.54 Å². The van der Waals surface area contributed by atoms with Gasteiger partial charge in [0, 0.05) is 45.1 Å². The molecular formula is C17H22N4. The van der Waals surface area contributed by atoms with Crippen LogP contribution >= 0.6 is 0 Å². The monoisotopic (exact) mass is 282 g/mol. The molecule has 1 aliphatic rings. The van der Waals surface area contributed by atoms with E-state index in [2.05, 4.69) is 51.1 Å². The molecule has 0 radical (unpaired) electrons. The van der Waals surface area contributed by atoms with Crippen molar-refractivity contribution < 1.29 is 0 Å². The topological polar surface area (TPSA) is 32.3 Å². The number of hydrogen-bond donors (Lipinski definition) is 0. The molecule has 0 atom stereocenters. The second-order valence-electron chi connectivity index (χ2n) is 5.63. The number of piperidine rings is 1. The maximum atomic E-state index is 4.44. The van der Waals surface area contributed by atoms with Gasteiger partial charge in [-0.1, -0.05) is 12.1 Å². The van der Waals surface area contributed by atoms with E-state index in [9.17, 15) is 0 Å². The van der Waals surface area contributed by atoms with Gasteiger partial charge in [-0.15, -0.1) is 0 Å². The molecule has 21 heavy (non-hydrogen) atoms. The van der Waals surface area contributed by atoms with Crippen LogP contribution in [0.1, 0.15) is 18.5 Å². The summed E-state index contributed by atoms with van der Waals surface area (Å²) in [5, 5.41) is 0. The Kier molecular flexibility index (Phi) is 4.46. The maximum Gasteiger partial charge on any atom is 0.128 e. The third-order valence-electron chi connectivity index (χ3n) is 4.23. The van der Waals surface area contributed by atoms with Gasteiger partial charge in [-0.05, 0) is 37.1 Å². The van der Waals surface area contributed by atoms with Crippen LogP contribution in [0.3, 0.4) is 0 Å². The maximum absolute atomic E-state index is 4.44. The summed E-state index contributed by atoms with van der Waals surface area (Å²) in [5.74, 6) is 1.07. The van der Waals surface area contributed by atoms with Crippen molar-refractivity contribution >= 4 is 5.82 Å². The summed E-state index contributed by atoms with van der Waals surface area (Å²) in [5.41, 5.74) is 1.16. The van der Waals surface area contributed by atoms with Crippen molar-refractivity contribution in [1.82, 2.24) is 14.9 Å². The zero-order valence-electron chi connectivity index (χ0n) is 12.5. The molecular weight excluding hydrogens is 260 g/mol. The average molecular weight is 282 g/mol. The predicted molar refractivity (Wildman–Crippen MR) is 85.2 cm³/mol. The SMILES string of the molecule is CN(c1ccccn1)C1CCN(Cc2ccccn2)CC1. The molecule has 0 spiro atoms. The summed E-state index contributed by atoms with van der Waals surface area (Å²) in [4.78, 5) is 13.7. The van der Waals surface area contributed by atoms with Gasteiger partial charge in [0.15, 0.2) is 0 Å². The normalized spacial score (nSPS) is 16.8. The molecule has 1 aliphatic heterocycles. The Morgan fingerprint density at radius 1 is 1.05 bits per heavy atom. The standard InChI is InChI=1S/C17H22N4/c1-20(17-7-3-5-11-19-17)16-8-12-21(13-9-16)14-15-6-2-4-10-18-15/h2-7,10-11,16H,8-9,12-14H2,1H3. The van der Waals surface area contributed by atoms with E-state index in [0.717, 1.165) is 31.1 Å². The lowest BCUT2D eigenvalue weighted by Gasteiger charge is -2.37. The molecule has 4 heteroatoms. The molecule has 1 fully saturated rings. The largest absolute Gasteiger partial charge is 0.357 e. The quantitative estimate of drug-likeness (QED) is 0.863. The van der Waals surface area contributed by atoms with Gasteiger partial charge in [0.1, 0.15) is 5.82 Å². The molecule has 0 N–H and O–H groups in total. The Morgan fingerprint density at radius 2 is 1.76 bits per heavy atom. The Balaban J connectivity index is 1.53. The number of pyridine rings is 2. The first kappa shape index (κ1) is 14.0. The molecule has 0 aliphatic carbocycles. The molecule has 2 aromatic heterocycles. The van der Waals surface area contributed by atoms with Crippen molar-refractivity contribution in [2.24, 2.45) is 0 Å². The van der Waals surface area contributed by atoms with Gasteiger partial charge in [0.25, 0.3) is 0 Å². The zero-order valence-corrected chi connectivity index (χ0v) is 12.5. The lowest BCUT2D eigenvalue weighted by Crippen LogP contribution is -2.43. The van der Waals surface area contributed by atoms with Gasteiger partial charge in [0.2, 0.25) is 0 Å². The van der Waals surface area contributed by atoms with Crippen molar-refractivity contribution in [1.29, 1.82) is 0 Å². The highest BCUT2D eigenvalue weighted by Gasteiger charge is 2.23. The molecule has 0 unspecified atom stereocenters. The predicted octanol–water partition coefficient (Wildman–Crippen LogP) is 2.58. The molecule has 2 aromatic rings. The Morgan fingerprint density at radius 3 is 2.38 bits per heavy atom. The lowest BCUT2D eigenvalue weighted by atomic mass is 10.0. The molecule has 0 aromatic carbocycles. The van der Waals surface area contributed by atoms with Gasteiger partial charge in [-0.3, -0.25) is 9.88 Å². The van der Waals surface area contributed by atoms with Crippen molar-refractivity contribution in [3.63, 3.8) is 0 Å². The smallest absolute Gasteiger partial charge is 0.128 e. The number of anilines is 1. The van der Waals surface area contributed by atoms with E-state index in [0.29, 0.717) is 6.04 Å². The van der Waals surface area contributed by atoms with Crippen LogP contribution in [0, 0.1) is 0 Å². The summed E-state index contributed by atoms with van der Waals surface area (Å²) in [6.07, 6.45) is 6.10. The summed E-state index contributed by atoms with van der Waals surface area (Å²) < 4.78 is 0. The minimum absolute atomic E-state index is 0.583. The minimum atomic E-state index is 0.583. The van der Waals surface area contributed by atoms with E-state index >= 15 is 0 Å².